The van der Waals surface area contributed by atoms with Gasteiger partial charge in [-0.05, 0) is 18.9 Å². The summed E-state index contributed by atoms with van der Waals surface area (Å²) >= 11 is 0. The Kier molecular flexibility index (Phi) is 6.79. The summed E-state index contributed by atoms with van der Waals surface area (Å²) in [5.41, 5.74) is 2.96. The van der Waals surface area contributed by atoms with Crippen molar-refractivity contribution >= 4 is 0 Å². The Morgan fingerprint density at radius 3 is 2.73 bits per heavy atom. The van der Waals surface area contributed by atoms with E-state index < -0.39 is 6.10 Å². The van der Waals surface area contributed by atoms with Gasteiger partial charge in [0.05, 0.1) is 31.1 Å². The predicted octanol–water partition coefficient (Wildman–Crippen LogP) is 3.59. The predicted molar refractivity (Wildman–Crippen MR) is 114 cm³/mol. The van der Waals surface area contributed by atoms with Gasteiger partial charge in [0.2, 0.25) is 0 Å². The number of nitrogens with zero attached hydrogens (tertiary/aromatic N) is 1. The molecule has 1 aromatic heterocycles. The lowest BCUT2D eigenvalue weighted by Gasteiger charge is -2.34. The Morgan fingerprint density at radius 1 is 1.10 bits per heavy atom. The maximum Gasteiger partial charge on any atom is 0.167 e. The smallest absolute Gasteiger partial charge is 0.167 e. The van der Waals surface area contributed by atoms with Crippen LogP contribution >= 0.6 is 0 Å². The molecule has 0 saturated carbocycles. The lowest BCUT2D eigenvalue weighted by atomic mass is 9.98. The molecule has 0 spiro atoms. The molecule has 6 heteroatoms. The molecule has 0 radical (unpaired) electrons. The van der Waals surface area contributed by atoms with Crippen LogP contribution < -0.4 is 10.1 Å². The topological polar surface area (TPSA) is 76.8 Å². The normalized spacial score (nSPS) is 21.5. The van der Waals surface area contributed by atoms with Crippen molar-refractivity contribution in [2.75, 3.05) is 13.7 Å². The molecule has 2 N–H and O–H groups in total. The van der Waals surface area contributed by atoms with E-state index in [1.807, 2.05) is 60.7 Å². The van der Waals surface area contributed by atoms with Gasteiger partial charge in [0.25, 0.3) is 0 Å². The highest BCUT2D eigenvalue weighted by Crippen LogP contribution is 2.25. The fourth-order valence-corrected chi connectivity index (χ4v) is 3.86. The number of benzene rings is 2. The summed E-state index contributed by atoms with van der Waals surface area (Å²) in [5.74, 6) is 1.62. The van der Waals surface area contributed by atoms with Crippen LogP contribution in [0.4, 0.5) is 0 Å². The highest BCUT2D eigenvalue weighted by atomic mass is 16.5. The number of aromatic nitrogens is 1. The second-order valence-corrected chi connectivity index (χ2v) is 7.64. The van der Waals surface area contributed by atoms with Crippen LogP contribution in [0.2, 0.25) is 0 Å². The third-order valence-corrected chi connectivity index (χ3v) is 5.49. The van der Waals surface area contributed by atoms with Crippen LogP contribution in [0.15, 0.2) is 65.2 Å². The molecule has 0 bridgehead atoms. The molecule has 3 unspecified atom stereocenters. The highest BCUT2D eigenvalue weighted by Gasteiger charge is 2.30. The van der Waals surface area contributed by atoms with Crippen LogP contribution in [0.5, 0.6) is 5.75 Å². The first kappa shape index (κ1) is 20.6. The van der Waals surface area contributed by atoms with Crippen molar-refractivity contribution < 1.29 is 19.1 Å². The molecule has 2 heterocycles. The third-order valence-electron chi connectivity index (χ3n) is 5.49. The molecule has 3 aromatic rings. The van der Waals surface area contributed by atoms with Gasteiger partial charge in [-0.25, -0.2) is 0 Å². The first-order valence-electron chi connectivity index (χ1n) is 10.4. The Labute approximate surface area is 176 Å². The van der Waals surface area contributed by atoms with Crippen LogP contribution in [0.25, 0.3) is 11.3 Å². The Balaban J connectivity index is 1.31. The number of rotatable bonds is 8. The van der Waals surface area contributed by atoms with E-state index in [2.05, 4.69) is 10.5 Å². The number of hydrogen-bond donors (Lipinski definition) is 2. The maximum absolute atomic E-state index is 10.4. The fourth-order valence-electron chi connectivity index (χ4n) is 3.86. The van der Waals surface area contributed by atoms with Gasteiger partial charge in [0, 0.05) is 36.7 Å². The molecule has 2 aromatic carbocycles. The minimum absolute atomic E-state index is 0.0141. The van der Waals surface area contributed by atoms with Gasteiger partial charge in [-0.1, -0.05) is 53.7 Å². The van der Waals surface area contributed by atoms with Gasteiger partial charge in [0.15, 0.2) is 5.76 Å². The third kappa shape index (κ3) is 5.08. The Morgan fingerprint density at radius 2 is 1.90 bits per heavy atom. The number of nitrogens with one attached hydrogen (secondary N) is 1. The highest BCUT2D eigenvalue weighted by molar-refractivity contribution is 5.56. The number of ether oxygens (including phenoxy) is 2. The maximum atomic E-state index is 10.4. The van der Waals surface area contributed by atoms with Crippen molar-refractivity contribution in [2.45, 2.75) is 44.1 Å². The van der Waals surface area contributed by atoms with Crippen molar-refractivity contribution in [1.29, 1.82) is 0 Å². The van der Waals surface area contributed by atoms with E-state index in [1.165, 1.54) is 0 Å². The molecule has 1 aliphatic rings. The molecule has 6 nitrogen and oxygen atoms in total. The van der Waals surface area contributed by atoms with E-state index in [0.29, 0.717) is 19.5 Å². The van der Waals surface area contributed by atoms with Gasteiger partial charge in [-0.15, -0.1) is 0 Å². The number of aliphatic hydroxyl groups excluding tert-OH is 1. The van der Waals surface area contributed by atoms with Crippen molar-refractivity contribution in [3.05, 3.63) is 71.9 Å². The van der Waals surface area contributed by atoms with E-state index in [0.717, 1.165) is 41.2 Å². The van der Waals surface area contributed by atoms with Gasteiger partial charge in [-0.3, -0.25) is 0 Å². The van der Waals surface area contributed by atoms with E-state index in [4.69, 9.17) is 14.0 Å². The number of para-hydroxylation sites is 1. The van der Waals surface area contributed by atoms with Crippen LogP contribution in [-0.2, 0) is 17.7 Å². The largest absolute Gasteiger partial charge is 0.496 e. The SMILES string of the molecule is COc1ccccc1CNCC1OC(Cc2cc(-c3ccccc3)on2)CCC1O. The van der Waals surface area contributed by atoms with Crippen molar-refractivity contribution in [3.8, 4) is 17.1 Å². The molecule has 3 atom stereocenters. The van der Waals surface area contributed by atoms with Gasteiger partial charge < -0.3 is 24.4 Å². The molecule has 0 aliphatic carbocycles. The van der Waals surface area contributed by atoms with Crippen LogP contribution in [-0.4, -0.2) is 42.2 Å². The second-order valence-electron chi connectivity index (χ2n) is 7.64. The van der Waals surface area contributed by atoms with Gasteiger partial charge in [0.1, 0.15) is 5.75 Å². The number of methoxy groups -OCH3 is 1. The van der Waals surface area contributed by atoms with E-state index in [1.54, 1.807) is 7.11 Å². The first-order chi connectivity index (χ1) is 14.7. The minimum atomic E-state index is -0.469. The average molecular weight is 408 g/mol. The Bertz CT molecular complexity index is 928. The molecule has 1 fully saturated rings. The summed E-state index contributed by atoms with van der Waals surface area (Å²) in [6.07, 6.45) is 1.49. The monoisotopic (exact) mass is 408 g/mol. The summed E-state index contributed by atoms with van der Waals surface area (Å²) in [6.45, 7) is 1.23. The molecule has 0 amide bonds. The molecule has 30 heavy (non-hydrogen) atoms. The van der Waals surface area contributed by atoms with Crippen LogP contribution in [0.3, 0.4) is 0 Å². The zero-order chi connectivity index (χ0) is 20.8. The van der Waals surface area contributed by atoms with E-state index in [9.17, 15) is 5.11 Å². The summed E-state index contributed by atoms with van der Waals surface area (Å²) in [7, 11) is 1.67. The summed E-state index contributed by atoms with van der Waals surface area (Å²) in [4.78, 5) is 0. The standard InChI is InChI=1S/C24H28N2O4/c1-28-22-10-6-5-9-18(22)15-25-16-24-21(27)12-11-20(29-24)13-19-14-23(30-26-19)17-7-3-2-4-8-17/h2-10,14,20-21,24-25,27H,11-13,15-16H2,1H3. The lowest BCUT2D eigenvalue weighted by molar-refractivity contribution is -0.115. The Hall–Kier alpha value is -2.67. The van der Waals surface area contributed by atoms with Crippen LogP contribution in [0, 0.1) is 0 Å². The molecule has 4 rings (SSSR count). The molecule has 1 saturated heterocycles. The lowest BCUT2D eigenvalue weighted by Crippen LogP contribution is -2.45. The van der Waals surface area contributed by atoms with Gasteiger partial charge in [-0.2, -0.15) is 0 Å². The second kappa shape index (κ2) is 9.89. The quantitative estimate of drug-likeness (QED) is 0.593. The first-order valence-corrected chi connectivity index (χ1v) is 10.4. The van der Waals surface area contributed by atoms with Crippen molar-refractivity contribution in [3.63, 3.8) is 0 Å². The van der Waals surface area contributed by atoms with Crippen LogP contribution in [0.1, 0.15) is 24.1 Å². The fraction of sp³-hybridized carbons (Fsp3) is 0.375. The molecular formula is C24H28N2O4. The summed E-state index contributed by atoms with van der Waals surface area (Å²) in [6, 6.07) is 19.8. The van der Waals surface area contributed by atoms with Crippen molar-refractivity contribution in [2.24, 2.45) is 0 Å². The molecule has 1 aliphatic heterocycles. The zero-order valence-electron chi connectivity index (χ0n) is 17.2. The van der Waals surface area contributed by atoms with Gasteiger partial charge >= 0.3 is 0 Å². The average Bonchev–Trinajstić information content (AvgIpc) is 3.25. The van der Waals surface area contributed by atoms with E-state index in [-0.39, 0.29) is 12.2 Å². The zero-order valence-corrected chi connectivity index (χ0v) is 17.2. The number of hydrogen-bond acceptors (Lipinski definition) is 6. The minimum Gasteiger partial charge on any atom is -0.496 e. The van der Waals surface area contributed by atoms with E-state index >= 15 is 0 Å². The van der Waals surface area contributed by atoms with Crippen molar-refractivity contribution in [1.82, 2.24) is 10.5 Å². The number of aliphatic hydroxyl groups is 1. The summed E-state index contributed by atoms with van der Waals surface area (Å²) < 4.78 is 17.1. The molecule has 158 valence electrons. The molecular weight excluding hydrogens is 380 g/mol. The summed E-state index contributed by atoms with van der Waals surface area (Å²) in [5, 5.41) is 18.0.